The Balaban J connectivity index is -0.0000000363. The molecular formula is C12H36Cu2N5O6-. The summed E-state index contributed by atoms with van der Waals surface area (Å²) in [6.45, 7) is 4.21. The summed E-state index contributed by atoms with van der Waals surface area (Å²) in [5, 5.41) is 34.6. The summed E-state index contributed by atoms with van der Waals surface area (Å²) < 4.78 is 0. The third-order valence-corrected chi connectivity index (χ3v) is 1.80. The molecule has 0 aromatic carbocycles. The van der Waals surface area contributed by atoms with Gasteiger partial charge in [-0.1, -0.05) is 0 Å². The van der Waals surface area contributed by atoms with Gasteiger partial charge in [0.1, 0.15) is 0 Å². The standard InChI is InChI=1S/C6H16N2.C4H10N3.C2H6O4.2Cu.2H2O/c1-7(2)5-6-8(3)4;5-1-3-7-4-2-6;3-1(4)2(5)6;;;;/h5-6H2,1-4H3;5-6H,1-4H2;1-6H;;;2*1H2/q;-3;;2*+1;;. The van der Waals surface area contributed by atoms with Crippen LogP contribution in [0.5, 0.6) is 0 Å². The summed E-state index contributed by atoms with van der Waals surface area (Å²) in [6.07, 6.45) is -4.07. The van der Waals surface area contributed by atoms with Gasteiger partial charge in [0.2, 0.25) is 12.6 Å². The monoisotopic (exact) mass is 472 g/mol. The van der Waals surface area contributed by atoms with E-state index in [9.17, 15) is 0 Å². The first-order chi connectivity index (χ1) is 9.68. The molecule has 0 heterocycles. The Morgan fingerprint density at radius 1 is 0.720 bits per heavy atom. The van der Waals surface area contributed by atoms with E-state index >= 15 is 0 Å². The minimum Gasteiger partial charge on any atom is -0.679 e. The second-order valence-electron chi connectivity index (χ2n) is 4.60. The van der Waals surface area contributed by atoms with Crippen LogP contribution in [0.15, 0.2) is 0 Å². The van der Waals surface area contributed by atoms with E-state index in [0.29, 0.717) is 26.2 Å². The van der Waals surface area contributed by atoms with Crippen LogP contribution in [0.2, 0.25) is 0 Å². The topological polar surface area (TPSA) is 212 Å². The van der Waals surface area contributed by atoms with Crippen molar-refractivity contribution in [2.45, 2.75) is 12.6 Å². The minimum atomic E-state index is -2.04. The Morgan fingerprint density at radius 2 is 0.960 bits per heavy atom. The normalized spacial score (nSPS) is 8.88. The van der Waals surface area contributed by atoms with Crippen LogP contribution in [0.25, 0.3) is 16.8 Å². The maximum atomic E-state index is 7.69. The molecule has 0 fully saturated rings. The molecule has 0 saturated heterocycles. The molecule has 0 aliphatic carbocycles. The molecule has 25 heavy (non-hydrogen) atoms. The molecule has 0 saturated carbocycles. The second-order valence-corrected chi connectivity index (χ2v) is 4.60. The van der Waals surface area contributed by atoms with Crippen LogP contribution >= 0.6 is 0 Å². The zero-order valence-corrected chi connectivity index (χ0v) is 17.0. The molecule has 10 N–H and O–H groups in total. The predicted octanol–water partition coefficient (Wildman–Crippen LogP) is -2.47. The number of aliphatic hydroxyl groups excluding tert-OH is 2. The van der Waals surface area contributed by atoms with Gasteiger partial charge in [0.25, 0.3) is 0 Å². The van der Waals surface area contributed by atoms with Gasteiger partial charge in [-0.3, -0.25) is 0 Å². The first-order valence-electron chi connectivity index (χ1n) is 6.63. The predicted molar refractivity (Wildman–Crippen MR) is 92.3 cm³/mol. The van der Waals surface area contributed by atoms with Crippen molar-refractivity contribution in [1.29, 1.82) is 0 Å². The number of likely N-dealkylation sites (N-methyl/N-ethyl adjacent to an activating group) is 2. The molecule has 0 rings (SSSR count). The van der Waals surface area contributed by atoms with Crippen molar-refractivity contribution in [2.75, 3.05) is 67.5 Å². The van der Waals surface area contributed by atoms with Crippen LogP contribution < -0.4 is 0 Å². The molecule has 0 unspecified atom stereocenters. The molecule has 0 aliphatic rings. The van der Waals surface area contributed by atoms with Crippen LogP contribution in [0.1, 0.15) is 0 Å². The van der Waals surface area contributed by atoms with Crippen LogP contribution in [0.3, 0.4) is 0 Å². The second kappa shape index (κ2) is 35.7. The van der Waals surface area contributed by atoms with Crippen molar-refractivity contribution in [2.24, 2.45) is 0 Å². The summed E-state index contributed by atoms with van der Waals surface area (Å²) >= 11 is 0. The molecule has 168 valence electrons. The van der Waals surface area contributed by atoms with Gasteiger partial charge in [-0.05, 0) is 28.2 Å². The van der Waals surface area contributed by atoms with E-state index in [-0.39, 0.29) is 45.1 Å². The number of nitrogens with zero attached hydrogens (tertiary/aromatic N) is 3. The Bertz CT molecular complexity index is 179. The van der Waals surface area contributed by atoms with E-state index < -0.39 is 12.6 Å². The summed E-state index contributed by atoms with van der Waals surface area (Å²) in [7, 11) is 8.35. The van der Waals surface area contributed by atoms with Gasteiger partial charge in [-0.25, -0.2) is 0 Å². The molecular weight excluding hydrogens is 437 g/mol. The van der Waals surface area contributed by atoms with E-state index in [4.69, 9.17) is 31.9 Å². The van der Waals surface area contributed by atoms with E-state index in [1.165, 1.54) is 0 Å². The summed E-state index contributed by atoms with van der Waals surface area (Å²) in [4.78, 5) is 4.36. The third kappa shape index (κ3) is 67.9. The Kier molecular flexibility index (Phi) is 63.9. The number of hydrogen-bond donors (Lipinski definition) is 4. The largest absolute Gasteiger partial charge is 1.00 e. The number of hydrogen-bond acceptors (Lipinski definition) is 6. The molecule has 0 radical (unpaired) electrons. The van der Waals surface area contributed by atoms with E-state index in [2.05, 4.69) is 43.3 Å². The van der Waals surface area contributed by atoms with Crippen LogP contribution in [0.4, 0.5) is 0 Å². The van der Waals surface area contributed by atoms with Crippen molar-refractivity contribution >= 4 is 0 Å². The van der Waals surface area contributed by atoms with Crippen LogP contribution in [-0.2, 0) is 34.1 Å². The fraction of sp³-hybridized carbons (Fsp3) is 1.00. The van der Waals surface area contributed by atoms with Crippen molar-refractivity contribution in [3.05, 3.63) is 16.8 Å². The molecule has 0 bridgehead atoms. The molecule has 11 nitrogen and oxygen atoms in total. The smallest absolute Gasteiger partial charge is 0.679 e. The average Bonchev–Trinajstić information content (AvgIpc) is 2.38. The molecule has 0 aromatic heterocycles. The van der Waals surface area contributed by atoms with Crippen molar-refractivity contribution in [3.63, 3.8) is 0 Å². The first-order valence-corrected chi connectivity index (χ1v) is 6.63. The van der Waals surface area contributed by atoms with Crippen molar-refractivity contribution < 1.29 is 65.5 Å². The zero-order valence-electron chi connectivity index (χ0n) is 15.1. The molecule has 0 aliphatic heterocycles. The van der Waals surface area contributed by atoms with Crippen molar-refractivity contribution in [3.8, 4) is 0 Å². The van der Waals surface area contributed by atoms with Gasteiger partial charge in [0, 0.05) is 13.1 Å². The van der Waals surface area contributed by atoms with Crippen molar-refractivity contribution in [1.82, 2.24) is 9.80 Å². The van der Waals surface area contributed by atoms with Crippen LogP contribution in [0, 0.1) is 0 Å². The van der Waals surface area contributed by atoms with E-state index in [1.54, 1.807) is 0 Å². The Labute approximate surface area is 172 Å². The first kappa shape index (κ1) is 44.8. The fourth-order valence-corrected chi connectivity index (χ4v) is 0.670. The maximum absolute atomic E-state index is 7.69. The molecule has 0 amide bonds. The average molecular weight is 474 g/mol. The maximum Gasteiger partial charge on any atom is 1.00 e. The Morgan fingerprint density at radius 3 is 1.08 bits per heavy atom. The fourth-order valence-electron chi connectivity index (χ4n) is 0.670. The number of rotatable bonds is 8. The SMILES string of the molecule is CN(C)CCN(C)C.O.O.OC(O)C(O)O.[Cu+].[Cu+].[NH-]CC[N-]CC[NH-]. The minimum absolute atomic E-state index is 0. The van der Waals surface area contributed by atoms with Gasteiger partial charge < -0.3 is 58.0 Å². The molecule has 0 spiro atoms. The van der Waals surface area contributed by atoms with Gasteiger partial charge in [0.15, 0.2) is 0 Å². The summed E-state index contributed by atoms with van der Waals surface area (Å²) in [5.74, 6) is 0. The van der Waals surface area contributed by atoms with Gasteiger partial charge in [0.05, 0.1) is 0 Å². The molecule has 13 heteroatoms. The van der Waals surface area contributed by atoms with Gasteiger partial charge in [-0.15, -0.1) is 0 Å². The molecule has 0 atom stereocenters. The van der Waals surface area contributed by atoms with E-state index in [0.717, 1.165) is 13.1 Å². The van der Waals surface area contributed by atoms with Crippen LogP contribution in [-0.4, -0.2) is 121 Å². The molecule has 0 aromatic rings. The summed E-state index contributed by atoms with van der Waals surface area (Å²) in [5.41, 5.74) is 13.3. The van der Waals surface area contributed by atoms with Gasteiger partial charge in [-0.2, -0.15) is 26.2 Å². The summed E-state index contributed by atoms with van der Waals surface area (Å²) in [6, 6.07) is 0. The third-order valence-electron chi connectivity index (χ3n) is 1.80. The quantitative estimate of drug-likeness (QED) is 0.170. The Hall–Kier alpha value is 0.599. The van der Waals surface area contributed by atoms with Gasteiger partial charge >= 0.3 is 34.1 Å². The zero-order chi connectivity index (χ0) is 17.3. The number of nitrogens with one attached hydrogen (secondary N) is 2. The number of aliphatic hydroxyl groups is 4. The van der Waals surface area contributed by atoms with E-state index in [1.807, 2.05) is 0 Å².